The first-order chi connectivity index (χ1) is 10.6. The summed E-state index contributed by atoms with van der Waals surface area (Å²) in [4.78, 5) is 23.6. The molecule has 0 saturated heterocycles. The van der Waals surface area contributed by atoms with Gasteiger partial charge >= 0.3 is 5.63 Å². The molecule has 0 amide bonds. The van der Waals surface area contributed by atoms with Crippen LogP contribution < -0.4 is 11.1 Å². The molecular formula is C17H15NO4. The largest absolute Gasteiger partial charge is 0.503 e. The van der Waals surface area contributed by atoms with E-state index in [0.717, 1.165) is 5.39 Å². The van der Waals surface area contributed by atoms with Gasteiger partial charge < -0.3 is 14.1 Å². The number of pyridine rings is 1. The van der Waals surface area contributed by atoms with Crippen LogP contribution >= 0.6 is 0 Å². The summed E-state index contributed by atoms with van der Waals surface area (Å²) in [6, 6.07) is 10.3. The van der Waals surface area contributed by atoms with E-state index in [4.69, 9.17) is 4.42 Å². The summed E-state index contributed by atoms with van der Waals surface area (Å²) < 4.78 is 6.99. The van der Waals surface area contributed by atoms with Crippen molar-refractivity contribution >= 4 is 11.0 Å². The lowest BCUT2D eigenvalue weighted by Gasteiger charge is -2.13. The summed E-state index contributed by atoms with van der Waals surface area (Å²) in [6.45, 7) is 2.08. The zero-order valence-electron chi connectivity index (χ0n) is 12.1. The van der Waals surface area contributed by atoms with Gasteiger partial charge in [0.2, 0.25) is 5.43 Å². The number of aromatic nitrogens is 1. The summed E-state index contributed by atoms with van der Waals surface area (Å²) in [7, 11) is 0. The van der Waals surface area contributed by atoms with Gasteiger partial charge in [-0.1, -0.05) is 25.1 Å². The fourth-order valence-corrected chi connectivity index (χ4v) is 2.52. The van der Waals surface area contributed by atoms with Crippen molar-refractivity contribution in [3.8, 4) is 5.75 Å². The Labute approximate surface area is 126 Å². The number of hydrogen-bond donors (Lipinski definition) is 1. The van der Waals surface area contributed by atoms with Gasteiger partial charge in [-0.3, -0.25) is 4.79 Å². The number of rotatable bonds is 3. The molecule has 2 aromatic heterocycles. The van der Waals surface area contributed by atoms with Crippen LogP contribution in [-0.2, 0) is 13.0 Å². The van der Waals surface area contributed by atoms with Crippen molar-refractivity contribution in [3.05, 3.63) is 74.5 Å². The maximum atomic E-state index is 12.1. The van der Waals surface area contributed by atoms with Crippen molar-refractivity contribution in [2.75, 3.05) is 0 Å². The number of para-hydroxylation sites is 1. The van der Waals surface area contributed by atoms with E-state index in [2.05, 4.69) is 0 Å². The Bertz CT molecular complexity index is 953. The first kappa shape index (κ1) is 14.1. The van der Waals surface area contributed by atoms with E-state index in [0.29, 0.717) is 23.3 Å². The fraction of sp³-hybridized carbons (Fsp3) is 0.176. The van der Waals surface area contributed by atoms with Crippen LogP contribution in [0.2, 0.25) is 0 Å². The van der Waals surface area contributed by atoms with Crippen molar-refractivity contribution in [1.82, 2.24) is 4.57 Å². The van der Waals surface area contributed by atoms with E-state index in [-0.39, 0.29) is 12.3 Å². The molecule has 0 saturated carbocycles. The van der Waals surface area contributed by atoms with Crippen molar-refractivity contribution in [2.24, 2.45) is 0 Å². The minimum absolute atomic E-state index is 0.240. The third kappa shape index (κ3) is 2.41. The van der Waals surface area contributed by atoms with E-state index < -0.39 is 11.1 Å². The van der Waals surface area contributed by atoms with Gasteiger partial charge in [0.25, 0.3) is 0 Å². The Balaban J connectivity index is 2.11. The zero-order valence-corrected chi connectivity index (χ0v) is 12.1. The van der Waals surface area contributed by atoms with Crippen LogP contribution in [0.4, 0.5) is 0 Å². The highest BCUT2D eigenvalue weighted by Crippen LogP contribution is 2.16. The van der Waals surface area contributed by atoms with Crippen LogP contribution in [0, 0.1) is 0 Å². The minimum Gasteiger partial charge on any atom is -0.503 e. The number of fused-ring (bicyclic) bond motifs is 1. The second kappa shape index (κ2) is 5.52. The molecule has 0 spiro atoms. The van der Waals surface area contributed by atoms with Gasteiger partial charge in [0.05, 0.1) is 17.8 Å². The molecule has 22 heavy (non-hydrogen) atoms. The van der Waals surface area contributed by atoms with E-state index in [1.807, 2.05) is 19.1 Å². The highest BCUT2D eigenvalue weighted by atomic mass is 16.4. The lowest BCUT2D eigenvalue weighted by atomic mass is 10.1. The van der Waals surface area contributed by atoms with Gasteiger partial charge in [-0.2, -0.15) is 0 Å². The van der Waals surface area contributed by atoms with Crippen LogP contribution in [0.3, 0.4) is 0 Å². The van der Waals surface area contributed by atoms with Gasteiger partial charge in [-0.05, 0) is 18.6 Å². The van der Waals surface area contributed by atoms with Crippen LogP contribution in [-0.4, -0.2) is 9.67 Å². The molecule has 0 atom stereocenters. The summed E-state index contributed by atoms with van der Waals surface area (Å²) in [5.41, 5.74) is 0.670. The number of aromatic hydroxyl groups is 1. The summed E-state index contributed by atoms with van der Waals surface area (Å²) in [5.74, 6) is -0.268. The average molecular weight is 297 g/mol. The predicted octanol–water partition coefficient (Wildman–Crippen LogP) is 2.27. The predicted molar refractivity (Wildman–Crippen MR) is 83.3 cm³/mol. The first-order valence-electron chi connectivity index (χ1n) is 7.03. The topological polar surface area (TPSA) is 72.4 Å². The van der Waals surface area contributed by atoms with Gasteiger partial charge in [0.1, 0.15) is 5.58 Å². The molecule has 1 aromatic carbocycles. The fourth-order valence-electron chi connectivity index (χ4n) is 2.52. The quantitative estimate of drug-likeness (QED) is 0.753. The molecule has 5 heteroatoms. The first-order valence-corrected chi connectivity index (χ1v) is 7.03. The van der Waals surface area contributed by atoms with Gasteiger partial charge in [0, 0.05) is 17.6 Å². The molecule has 0 fully saturated rings. The molecular weight excluding hydrogens is 282 g/mol. The van der Waals surface area contributed by atoms with E-state index >= 15 is 0 Å². The molecule has 3 aromatic rings. The van der Waals surface area contributed by atoms with Crippen LogP contribution in [0.15, 0.2) is 56.6 Å². The number of benzene rings is 1. The highest BCUT2D eigenvalue weighted by molar-refractivity contribution is 5.76. The van der Waals surface area contributed by atoms with E-state index in [9.17, 15) is 14.7 Å². The third-order valence-electron chi connectivity index (χ3n) is 3.65. The van der Waals surface area contributed by atoms with Crippen LogP contribution in [0.5, 0.6) is 5.75 Å². The maximum Gasteiger partial charge on any atom is 0.341 e. The Morgan fingerprint density at radius 3 is 2.73 bits per heavy atom. The van der Waals surface area contributed by atoms with Gasteiger partial charge in [-0.25, -0.2) is 4.79 Å². The van der Waals surface area contributed by atoms with Crippen molar-refractivity contribution in [1.29, 1.82) is 0 Å². The molecule has 1 N–H and O–H groups in total. The third-order valence-corrected chi connectivity index (χ3v) is 3.65. The molecule has 112 valence electrons. The molecule has 0 aliphatic rings. The van der Waals surface area contributed by atoms with E-state index in [1.165, 1.54) is 6.07 Å². The Morgan fingerprint density at radius 2 is 1.95 bits per heavy atom. The molecule has 5 nitrogen and oxygen atoms in total. The standard InChI is InChI=1S/C17H15NO4/c1-2-13-16(20)14(19)7-8-18(13)10-12-9-11-5-3-4-6-15(11)22-17(12)21/h3-9,20H,2,10H2,1H3. The summed E-state index contributed by atoms with van der Waals surface area (Å²) >= 11 is 0. The molecule has 3 rings (SSSR count). The zero-order chi connectivity index (χ0) is 15.7. The summed E-state index contributed by atoms with van der Waals surface area (Å²) in [5, 5.41) is 10.7. The highest BCUT2D eigenvalue weighted by Gasteiger charge is 2.11. The lowest BCUT2D eigenvalue weighted by Crippen LogP contribution is -2.17. The summed E-state index contributed by atoms with van der Waals surface area (Å²) in [6.07, 6.45) is 2.07. The molecule has 2 heterocycles. The van der Waals surface area contributed by atoms with E-state index in [1.54, 1.807) is 29.0 Å². The van der Waals surface area contributed by atoms with Crippen LogP contribution in [0.1, 0.15) is 18.2 Å². The lowest BCUT2D eigenvalue weighted by molar-refractivity contribution is 0.450. The van der Waals surface area contributed by atoms with Crippen LogP contribution in [0.25, 0.3) is 11.0 Å². The molecule has 0 radical (unpaired) electrons. The minimum atomic E-state index is -0.418. The molecule has 0 aliphatic heterocycles. The van der Waals surface area contributed by atoms with Crippen molar-refractivity contribution in [2.45, 2.75) is 19.9 Å². The Morgan fingerprint density at radius 1 is 1.18 bits per heavy atom. The SMILES string of the molecule is CCc1c(O)c(=O)ccn1Cc1cc2ccccc2oc1=O. The average Bonchev–Trinajstić information content (AvgIpc) is 2.52. The molecule has 0 unspecified atom stereocenters. The van der Waals surface area contributed by atoms with Crippen molar-refractivity contribution in [3.63, 3.8) is 0 Å². The Hall–Kier alpha value is -2.82. The smallest absolute Gasteiger partial charge is 0.341 e. The maximum absolute atomic E-state index is 12.1. The number of hydrogen-bond acceptors (Lipinski definition) is 4. The second-order valence-electron chi connectivity index (χ2n) is 5.05. The van der Waals surface area contributed by atoms with Gasteiger partial charge in [-0.15, -0.1) is 0 Å². The second-order valence-corrected chi connectivity index (χ2v) is 5.05. The molecule has 0 aliphatic carbocycles. The van der Waals surface area contributed by atoms with Gasteiger partial charge in [0.15, 0.2) is 5.75 Å². The number of nitrogens with zero attached hydrogens (tertiary/aromatic N) is 1. The monoisotopic (exact) mass is 297 g/mol. The normalized spacial score (nSPS) is 11.0. The van der Waals surface area contributed by atoms with Crippen molar-refractivity contribution < 1.29 is 9.52 Å². The molecule has 0 bridgehead atoms. The Kier molecular flexibility index (Phi) is 3.55.